The van der Waals surface area contributed by atoms with E-state index in [1.807, 2.05) is 16.3 Å². The van der Waals surface area contributed by atoms with Crippen molar-refractivity contribution in [1.29, 1.82) is 0 Å². The van der Waals surface area contributed by atoms with Crippen LogP contribution in [0, 0.1) is 0 Å². The van der Waals surface area contributed by atoms with Crippen LogP contribution in [-0.4, -0.2) is 40.8 Å². The van der Waals surface area contributed by atoms with Crippen molar-refractivity contribution in [2.75, 3.05) is 19.7 Å². The summed E-state index contributed by atoms with van der Waals surface area (Å²) in [5.74, 6) is -0.794. The van der Waals surface area contributed by atoms with Gasteiger partial charge in [-0.25, -0.2) is 0 Å². The standard InChI is InChI=1S/C11H15NO3S/c13-6-1-4-12-5-2-9-8(3-7-16-9)10(12)11(14)15/h3,7,10,13H,1-2,4-6H2,(H,14,15). The lowest BCUT2D eigenvalue weighted by Crippen LogP contribution is -2.39. The fourth-order valence-corrected chi connectivity index (χ4v) is 3.08. The maximum Gasteiger partial charge on any atom is 0.325 e. The number of aliphatic hydroxyl groups excluding tert-OH is 1. The van der Waals surface area contributed by atoms with Crippen LogP contribution in [0.4, 0.5) is 0 Å². The van der Waals surface area contributed by atoms with Crippen molar-refractivity contribution in [3.8, 4) is 0 Å². The van der Waals surface area contributed by atoms with Crippen LogP contribution in [0.2, 0.25) is 0 Å². The lowest BCUT2D eigenvalue weighted by Gasteiger charge is -2.32. The van der Waals surface area contributed by atoms with Gasteiger partial charge in [0.2, 0.25) is 0 Å². The van der Waals surface area contributed by atoms with E-state index in [0.29, 0.717) is 13.0 Å². The number of nitrogens with zero attached hydrogens (tertiary/aromatic N) is 1. The molecule has 4 nitrogen and oxygen atoms in total. The first-order chi connectivity index (χ1) is 7.74. The average Bonchev–Trinajstić information content (AvgIpc) is 2.72. The zero-order valence-corrected chi connectivity index (χ0v) is 9.74. The van der Waals surface area contributed by atoms with E-state index in [2.05, 4.69) is 0 Å². The zero-order valence-electron chi connectivity index (χ0n) is 8.93. The van der Waals surface area contributed by atoms with Crippen molar-refractivity contribution in [2.45, 2.75) is 18.9 Å². The molecule has 0 radical (unpaired) electrons. The third-order valence-corrected chi connectivity index (χ3v) is 3.90. The lowest BCUT2D eigenvalue weighted by atomic mass is 10.00. The van der Waals surface area contributed by atoms with Crippen LogP contribution in [0.5, 0.6) is 0 Å². The van der Waals surface area contributed by atoms with Gasteiger partial charge in [-0.15, -0.1) is 11.3 Å². The molecule has 2 heterocycles. The van der Waals surface area contributed by atoms with Gasteiger partial charge in [-0.3, -0.25) is 9.69 Å². The van der Waals surface area contributed by atoms with Crippen LogP contribution in [0.3, 0.4) is 0 Å². The van der Waals surface area contributed by atoms with Crippen molar-refractivity contribution >= 4 is 17.3 Å². The molecular formula is C11H15NO3S. The van der Waals surface area contributed by atoms with Gasteiger partial charge in [-0.2, -0.15) is 0 Å². The van der Waals surface area contributed by atoms with Crippen LogP contribution >= 0.6 is 11.3 Å². The summed E-state index contributed by atoms with van der Waals surface area (Å²) in [5, 5.41) is 20.0. The molecule has 0 fully saturated rings. The van der Waals surface area contributed by atoms with Gasteiger partial charge in [0.05, 0.1) is 0 Å². The Morgan fingerprint density at radius 2 is 2.44 bits per heavy atom. The van der Waals surface area contributed by atoms with Crippen molar-refractivity contribution in [1.82, 2.24) is 4.90 Å². The monoisotopic (exact) mass is 241 g/mol. The topological polar surface area (TPSA) is 60.8 Å². The van der Waals surface area contributed by atoms with Crippen LogP contribution in [-0.2, 0) is 11.2 Å². The molecule has 1 aliphatic rings. The van der Waals surface area contributed by atoms with Gasteiger partial charge >= 0.3 is 5.97 Å². The fraction of sp³-hybridized carbons (Fsp3) is 0.545. The minimum Gasteiger partial charge on any atom is -0.480 e. The van der Waals surface area contributed by atoms with Gasteiger partial charge in [-0.05, 0) is 29.9 Å². The van der Waals surface area contributed by atoms with Gasteiger partial charge in [0, 0.05) is 24.6 Å². The fourth-order valence-electron chi connectivity index (χ4n) is 2.17. The summed E-state index contributed by atoms with van der Waals surface area (Å²) in [7, 11) is 0. The molecule has 0 aromatic carbocycles. The summed E-state index contributed by atoms with van der Waals surface area (Å²) in [4.78, 5) is 14.4. The largest absolute Gasteiger partial charge is 0.480 e. The summed E-state index contributed by atoms with van der Waals surface area (Å²) in [6.45, 7) is 1.52. The maximum absolute atomic E-state index is 11.3. The van der Waals surface area contributed by atoms with E-state index in [4.69, 9.17) is 5.11 Å². The van der Waals surface area contributed by atoms with E-state index in [-0.39, 0.29) is 6.61 Å². The van der Waals surface area contributed by atoms with Crippen LogP contribution < -0.4 is 0 Å². The summed E-state index contributed by atoms with van der Waals surface area (Å²) < 4.78 is 0. The second-order valence-electron chi connectivity index (χ2n) is 3.90. The Balaban J connectivity index is 2.20. The molecule has 2 rings (SSSR count). The molecule has 1 atom stereocenters. The number of aliphatic carboxylic acids is 1. The Hall–Kier alpha value is -0.910. The second-order valence-corrected chi connectivity index (χ2v) is 4.90. The summed E-state index contributed by atoms with van der Waals surface area (Å²) in [6.07, 6.45) is 1.55. The number of thiophene rings is 1. The molecule has 1 aromatic rings. The third kappa shape index (κ3) is 2.11. The van der Waals surface area contributed by atoms with Crippen LogP contribution in [0.15, 0.2) is 11.4 Å². The van der Waals surface area contributed by atoms with Crippen molar-refractivity contribution in [3.63, 3.8) is 0 Å². The summed E-state index contributed by atoms with van der Waals surface area (Å²) in [5.41, 5.74) is 0.932. The van der Waals surface area contributed by atoms with Crippen molar-refractivity contribution in [2.24, 2.45) is 0 Å². The molecule has 0 aliphatic carbocycles. The smallest absolute Gasteiger partial charge is 0.325 e. The van der Waals surface area contributed by atoms with Gasteiger partial charge in [-0.1, -0.05) is 0 Å². The molecular weight excluding hydrogens is 226 g/mol. The lowest BCUT2D eigenvalue weighted by molar-refractivity contribution is -0.144. The second kappa shape index (κ2) is 4.95. The van der Waals surface area contributed by atoms with Crippen LogP contribution in [0.25, 0.3) is 0 Å². The van der Waals surface area contributed by atoms with Gasteiger partial charge in [0.15, 0.2) is 0 Å². The molecule has 0 bridgehead atoms. The van der Waals surface area contributed by atoms with E-state index < -0.39 is 12.0 Å². The van der Waals surface area contributed by atoms with Crippen molar-refractivity contribution in [3.05, 3.63) is 21.9 Å². The molecule has 2 N–H and O–H groups in total. The van der Waals surface area contributed by atoms with E-state index in [1.54, 1.807) is 11.3 Å². The molecule has 1 aromatic heterocycles. The molecule has 1 unspecified atom stereocenters. The highest BCUT2D eigenvalue weighted by molar-refractivity contribution is 7.10. The summed E-state index contributed by atoms with van der Waals surface area (Å²) >= 11 is 1.63. The predicted octanol–water partition coefficient (Wildman–Crippen LogP) is 1.11. The number of aliphatic hydroxyl groups is 1. The first kappa shape index (κ1) is 11.6. The molecule has 88 valence electrons. The highest BCUT2D eigenvalue weighted by Crippen LogP contribution is 2.33. The van der Waals surface area contributed by atoms with Gasteiger partial charge in [0.25, 0.3) is 0 Å². The Morgan fingerprint density at radius 3 is 3.12 bits per heavy atom. The van der Waals surface area contributed by atoms with E-state index >= 15 is 0 Å². The third-order valence-electron chi connectivity index (χ3n) is 2.90. The van der Waals surface area contributed by atoms with E-state index in [1.165, 1.54) is 4.88 Å². The molecule has 0 saturated heterocycles. The number of hydrogen-bond acceptors (Lipinski definition) is 4. The minimum atomic E-state index is -0.794. The van der Waals surface area contributed by atoms with Gasteiger partial charge in [0.1, 0.15) is 6.04 Å². The first-order valence-electron chi connectivity index (χ1n) is 5.38. The molecule has 0 saturated carbocycles. The number of rotatable bonds is 4. The quantitative estimate of drug-likeness (QED) is 0.829. The molecule has 0 spiro atoms. The molecule has 16 heavy (non-hydrogen) atoms. The van der Waals surface area contributed by atoms with Crippen LogP contribution in [0.1, 0.15) is 22.9 Å². The first-order valence-corrected chi connectivity index (χ1v) is 6.26. The number of carboxylic acids is 1. The highest BCUT2D eigenvalue weighted by Gasteiger charge is 2.32. The number of fused-ring (bicyclic) bond motifs is 1. The zero-order chi connectivity index (χ0) is 11.5. The normalized spacial score (nSPS) is 20.7. The number of carbonyl (C=O) groups is 1. The predicted molar refractivity (Wildman–Crippen MR) is 61.7 cm³/mol. The number of carboxylic acid groups (broad SMARTS) is 1. The molecule has 5 heteroatoms. The minimum absolute atomic E-state index is 0.110. The Labute approximate surface area is 98.1 Å². The van der Waals surface area contributed by atoms with E-state index in [9.17, 15) is 9.90 Å². The Kier molecular flexibility index (Phi) is 3.58. The average molecular weight is 241 g/mol. The summed E-state index contributed by atoms with van der Waals surface area (Å²) in [6, 6.07) is 1.38. The SMILES string of the molecule is O=C(O)C1c2ccsc2CCN1CCCO. The van der Waals surface area contributed by atoms with Gasteiger partial charge < -0.3 is 10.2 Å². The number of hydrogen-bond donors (Lipinski definition) is 2. The molecule has 0 amide bonds. The van der Waals surface area contributed by atoms with Crippen molar-refractivity contribution < 1.29 is 15.0 Å². The molecule has 1 aliphatic heterocycles. The Bertz CT molecular complexity index is 377. The maximum atomic E-state index is 11.3. The Morgan fingerprint density at radius 1 is 1.62 bits per heavy atom. The highest BCUT2D eigenvalue weighted by atomic mass is 32.1. The van der Waals surface area contributed by atoms with E-state index in [0.717, 1.165) is 18.5 Å².